The summed E-state index contributed by atoms with van der Waals surface area (Å²) in [5, 5.41) is 12.9. The van der Waals surface area contributed by atoms with Gasteiger partial charge < -0.3 is 10.4 Å². The third-order valence-electron chi connectivity index (χ3n) is 3.40. The van der Waals surface area contributed by atoms with Crippen LogP contribution in [-0.2, 0) is 0 Å². The lowest BCUT2D eigenvalue weighted by Gasteiger charge is -2.37. The van der Waals surface area contributed by atoms with Crippen molar-refractivity contribution in [1.82, 2.24) is 5.32 Å². The second-order valence-corrected chi connectivity index (χ2v) is 5.05. The molecular formula is C13H27NO. The summed E-state index contributed by atoms with van der Waals surface area (Å²) < 4.78 is 0. The molecule has 2 N–H and O–H groups in total. The van der Waals surface area contributed by atoms with E-state index in [0.29, 0.717) is 0 Å². The zero-order chi connectivity index (χ0) is 11.0. The highest BCUT2D eigenvalue weighted by atomic mass is 16.3. The van der Waals surface area contributed by atoms with E-state index in [1.807, 2.05) is 0 Å². The summed E-state index contributed by atoms with van der Waals surface area (Å²) in [6.07, 6.45) is 11.8. The summed E-state index contributed by atoms with van der Waals surface area (Å²) in [6.45, 7) is 3.88. The lowest BCUT2D eigenvalue weighted by atomic mass is 9.90. The van der Waals surface area contributed by atoms with Crippen molar-refractivity contribution in [2.24, 2.45) is 0 Å². The lowest BCUT2D eigenvalue weighted by molar-refractivity contribution is -0.0191. The summed E-state index contributed by atoms with van der Waals surface area (Å²) in [7, 11) is 0. The zero-order valence-corrected chi connectivity index (χ0v) is 10.2. The van der Waals surface area contributed by atoms with E-state index in [4.69, 9.17) is 0 Å². The van der Waals surface area contributed by atoms with Crippen LogP contribution in [0.3, 0.4) is 0 Å². The fourth-order valence-corrected chi connectivity index (χ4v) is 2.18. The van der Waals surface area contributed by atoms with Crippen molar-refractivity contribution in [3.63, 3.8) is 0 Å². The topological polar surface area (TPSA) is 32.3 Å². The van der Waals surface area contributed by atoms with Gasteiger partial charge in [-0.25, -0.2) is 0 Å². The molecule has 0 aromatic rings. The summed E-state index contributed by atoms with van der Waals surface area (Å²) in [5.41, 5.74) is -0.345. The molecular weight excluding hydrogens is 186 g/mol. The quantitative estimate of drug-likeness (QED) is 0.577. The number of unbranched alkanes of at least 4 members (excludes halogenated alkanes) is 7. The van der Waals surface area contributed by atoms with Crippen LogP contribution >= 0.6 is 0 Å². The molecule has 0 saturated carbocycles. The maximum absolute atomic E-state index is 9.82. The van der Waals surface area contributed by atoms with Gasteiger partial charge in [0.15, 0.2) is 0 Å². The van der Waals surface area contributed by atoms with Crippen LogP contribution in [0.2, 0.25) is 0 Å². The van der Waals surface area contributed by atoms with Crippen LogP contribution in [0.4, 0.5) is 0 Å². The number of hydrogen-bond donors (Lipinski definition) is 2. The van der Waals surface area contributed by atoms with Crippen molar-refractivity contribution in [2.45, 2.75) is 70.3 Å². The van der Waals surface area contributed by atoms with Gasteiger partial charge in [0.05, 0.1) is 5.60 Å². The standard InChI is InChI=1S/C13H27NO/c1-2-3-4-5-6-7-8-9-10-13(15)11-14-12-13/h14-15H,2-12H2,1H3. The summed E-state index contributed by atoms with van der Waals surface area (Å²) in [4.78, 5) is 0. The molecule has 1 heterocycles. The van der Waals surface area contributed by atoms with Crippen molar-refractivity contribution in [3.8, 4) is 0 Å². The molecule has 0 radical (unpaired) electrons. The number of β-amino-alcohol motifs (C(OH)–C–C–N with tert-alkyl or cyclic N) is 1. The van der Waals surface area contributed by atoms with E-state index in [1.165, 1.54) is 51.4 Å². The molecule has 0 aliphatic carbocycles. The third kappa shape index (κ3) is 5.53. The first-order valence-corrected chi connectivity index (χ1v) is 6.70. The Bertz CT molecular complexity index is 155. The summed E-state index contributed by atoms with van der Waals surface area (Å²) in [6, 6.07) is 0. The lowest BCUT2D eigenvalue weighted by Crippen LogP contribution is -2.59. The first kappa shape index (κ1) is 13.0. The van der Waals surface area contributed by atoms with Gasteiger partial charge in [0, 0.05) is 13.1 Å². The molecule has 1 saturated heterocycles. The van der Waals surface area contributed by atoms with Gasteiger partial charge in [0.25, 0.3) is 0 Å². The molecule has 1 aliphatic heterocycles. The van der Waals surface area contributed by atoms with Crippen LogP contribution in [0.15, 0.2) is 0 Å². The number of hydrogen-bond acceptors (Lipinski definition) is 2. The van der Waals surface area contributed by atoms with Gasteiger partial charge in [-0.15, -0.1) is 0 Å². The summed E-state index contributed by atoms with van der Waals surface area (Å²) >= 11 is 0. The van der Waals surface area contributed by atoms with Gasteiger partial charge in [-0.1, -0.05) is 58.3 Å². The minimum atomic E-state index is -0.345. The van der Waals surface area contributed by atoms with Crippen LogP contribution in [0, 0.1) is 0 Å². The molecule has 2 heteroatoms. The molecule has 0 unspecified atom stereocenters. The van der Waals surface area contributed by atoms with Gasteiger partial charge in [-0.05, 0) is 6.42 Å². The fraction of sp³-hybridized carbons (Fsp3) is 1.00. The van der Waals surface area contributed by atoms with Crippen LogP contribution in [0.1, 0.15) is 64.7 Å². The van der Waals surface area contributed by atoms with Gasteiger partial charge >= 0.3 is 0 Å². The molecule has 1 rings (SSSR count). The van der Waals surface area contributed by atoms with E-state index in [9.17, 15) is 5.11 Å². The summed E-state index contributed by atoms with van der Waals surface area (Å²) in [5.74, 6) is 0. The number of nitrogens with one attached hydrogen (secondary N) is 1. The Morgan fingerprint density at radius 1 is 0.933 bits per heavy atom. The molecule has 0 atom stereocenters. The molecule has 90 valence electrons. The Morgan fingerprint density at radius 2 is 1.47 bits per heavy atom. The van der Waals surface area contributed by atoms with Crippen LogP contribution < -0.4 is 5.32 Å². The third-order valence-corrected chi connectivity index (χ3v) is 3.40. The van der Waals surface area contributed by atoms with Crippen LogP contribution in [0.25, 0.3) is 0 Å². The van der Waals surface area contributed by atoms with E-state index in [-0.39, 0.29) is 5.60 Å². The highest BCUT2D eigenvalue weighted by molar-refractivity contribution is 4.91. The van der Waals surface area contributed by atoms with E-state index in [1.54, 1.807) is 0 Å². The average molecular weight is 213 g/mol. The van der Waals surface area contributed by atoms with Crippen molar-refractivity contribution in [3.05, 3.63) is 0 Å². The highest BCUT2D eigenvalue weighted by Crippen LogP contribution is 2.19. The van der Waals surface area contributed by atoms with E-state index in [0.717, 1.165) is 19.5 Å². The zero-order valence-electron chi connectivity index (χ0n) is 10.2. The predicted molar refractivity (Wildman–Crippen MR) is 65.0 cm³/mol. The molecule has 1 aliphatic rings. The highest BCUT2D eigenvalue weighted by Gasteiger charge is 2.32. The number of aliphatic hydroxyl groups is 1. The first-order chi connectivity index (χ1) is 7.27. The Balaban J connectivity index is 1.77. The minimum Gasteiger partial charge on any atom is -0.387 e. The van der Waals surface area contributed by atoms with Crippen LogP contribution in [-0.4, -0.2) is 23.8 Å². The second kappa shape index (κ2) is 7.24. The van der Waals surface area contributed by atoms with Gasteiger partial charge in [0.1, 0.15) is 0 Å². The van der Waals surface area contributed by atoms with Gasteiger partial charge in [-0.3, -0.25) is 0 Å². The maximum Gasteiger partial charge on any atom is 0.0895 e. The van der Waals surface area contributed by atoms with Crippen molar-refractivity contribution >= 4 is 0 Å². The maximum atomic E-state index is 9.82. The SMILES string of the molecule is CCCCCCCCCCC1(O)CNC1. The van der Waals surface area contributed by atoms with Gasteiger partial charge in [-0.2, -0.15) is 0 Å². The molecule has 15 heavy (non-hydrogen) atoms. The molecule has 0 amide bonds. The molecule has 0 aromatic heterocycles. The average Bonchev–Trinajstić information content (AvgIpc) is 2.19. The van der Waals surface area contributed by atoms with E-state index < -0.39 is 0 Å². The largest absolute Gasteiger partial charge is 0.387 e. The smallest absolute Gasteiger partial charge is 0.0895 e. The normalized spacial score (nSPS) is 18.8. The monoisotopic (exact) mass is 213 g/mol. The molecule has 0 spiro atoms. The molecule has 0 bridgehead atoms. The number of rotatable bonds is 9. The van der Waals surface area contributed by atoms with Gasteiger partial charge in [0.2, 0.25) is 0 Å². The van der Waals surface area contributed by atoms with Crippen molar-refractivity contribution < 1.29 is 5.11 Å². The molecule has 2 nitrogen and oxygen atoms in total. The second-order valence-electron chi connectivity index (χ2n) is 5.05. The van der Waals surface area contributed by atoms with Crippen molar-refractivity contribution in [2.75, 3.05) is 13.1 Å². The fourth-order valence-electron chi connectivity index (χ4n) is 2.18. The minimum absolute atomic E-state index is 0.345. The molecule has 0 aromatic carbocycles. The Hall–Kier alpha value is -0.0800. The first-order valence-electron chi connectivity index (χ1n) is 6.70. The molecule has 1 fully saturated rings. The Kier molecular flexibility index (Phi) is 6.26. The Labute approximate surface area is 94.5 Å². The van der Waals surface area contributed by atoms with E-state index in [2.05, 4.69) is 12.2 Å². The predicted octanol–water partition coefficient (Wildman–Crippen LogP) is 2.85. The van der Waals surface area contributed by atoms with E-state index >= 15 is 0 Å². The Morgan fingerprint density at radius 3 is 1.93 bits per heavy atom. The van der Waals surface area contributed by atoms with Crippen LogP contribution in [0.5, 0.6) is 0 Å². The van der Waals surface area contributed by atoms with Crippen molar-refractivity contribution in [1.29, 1.82) is 0 Å².